The van der Waals surface area contributed by atoms with E-state index in [-0.39, 0.29) is 0 Å². The molecule has 18 heavy (non-hydrogen) atoms. The third-order valence-electron chi connectivity index (χ3n) is 2.37. The van der Waals surface area contributed by atoms with Gasteiger partial charge >= 0.3 is 0 Å². The van der Waals surface area contributed by atoms with Crippen LogP contribution >= 0.6 is 11.8 Å². The maximum Gasteiger partial charge on any atom is 0.215 e. The topological polar surface area (TPSA) is 81.4 Å². The Balaban J connectivity index is 2.32. The van der Waals surface area contributed by atoms with Crippen molar-refractivity contribution in [1.29, 1.82) is 0 Å². The van der Waals surface area contributed by atoms with Crippen LogP contribution < -0.4 is 5.32 Å². The molecular weight excluding hydrogens is 250 g/mol. The normalized spacial score (nSPS) is 10.6. The molecule has 0 saturated heterocycles. The van der Waals surface area contributed by atoms with Crippen LogP contribution in [0.5, 0.6) is 0 Å². The van der Waals surface area contributed by atoms with Crippen LogP contribution in [-0.4, -0.2) is 36.7 Å². The Labute approximate surface area is 109 Å². The van der Waals surface area contributed by atoms with E-state index in [4.69, 9.17) is 0 Å². The van der Waals surface area contributed by atoms with E-state index >= 15 is 0 Å². The summed E-state index contributed by atoms with van der Waals surface area (Å²) in [4.78, 5) is 8.57. The average molecular weight is 265 g/mol. The van der Waals surface area contributed by atoms with Gasteiger partial charge in [0.25, 0.3) is 0 Å². The molecule has 0 unspecified atom stereocenters. The van der Waals surface area contributed by atoms with E-state index in [1.807, 2.05) is 6.92 Å². The molecule has 2 aromatic rings. The number of tetrazole rings is 1. The van der Waals surface area contributed by atoms with E-state index in [0.29, 0.717) is 5.16 Å². The van der Waals surface area contributed by atoms with Crippen molar-refractivity contribution >= 4 is 17.6 Å². The first kappa shape index (κ1) is 12.7. The van der Waals surface area contributed by atoms with Crippen LogP contribution in [0.15, 0.2) is 16.5 Å². The Kier molecular flexibility index (Phi) is 4.08. The molecule has 7 nitrogen and oxygen atoms in total. The second-order valence-corrected chi connectivity index (χ2v) is 4.53. The molecule has 96 valence electrons. The van der Waals surface area contributed by atoms with Crippen molar-refractivity contribution in [2.24, 2.45) is 7.05 Å². The predicted octanol–water partition coefficient (Wildman–Crippen LogP) is 1.15. The van der Waals surface area contributed by atoms with Crippen LogP contribution in [0.3, 0.4) is 0 Å². The van der Waals surface area contributed by atoms with Crippen molar-refractivity contribution in [3.8, 4) is 0 Å². The quantitative estimate of drug-likeness (QED) is 0.812. The summed E-state index contributed by atoms with van der Waals surface area (Å²) >= 11 is 1.45. The maximum atomic E-state index is 4.31. The Morgan fingerprint density at radius 3 is 2.78 bits per heavy atom. The highest BCUT2D eigenvalue weighted by Crippen LogP contribution is 2.29. The van der Waals surface area contributed by atoms with E-state index in [0.717, 1.165) is 29.4 Å². The first-order chi connectivity index (χ1) is 8.76. The molecular formula is C10H15N7S. The summed E-state index contributed by atoms with van der Waals surface area (Å²) in [6.07, 6.45) is 2.42. The zero-order valence-corrected chi connectivity index (χ0v) is 11.4. The standard InChI is InChI=1S/C10H15N7S/c1-4-7-8(11-5-2)12-6-13-9(7)18-10-14-15-16-17(10)3/h6H,4-5H2,1-3H3,(H,11,12,13). The third-order valence-corrected chi connectivity index (χ3v) is 3.45. The molecule has 2 heterocycles. The van der Waals surface area contributed by atoms with Crippen LogP contribution in [0.4, 0.5) is 5.82 Å². The van der Waals surface area contributed by atoms with Crippen molar-refractivity contribution < 1.29 is 0 Å². The SMILES string of the molecule is CCNc1ncnc(Sc2nnnn2C)c1CC. The minimum atomic E-state index is 0.714. The zero-order chi connectivity index (χ0) is 13.0. The second-order valence-electron chi connectivity index (χ2n) is 3.58. The summed E-state index contributed by atoms with van der Waals surface area (Å²) in [5.74, 6) is 0.882. The summed E-state index contributed by atoms with van der Waals surface area (Å²) in [5.41, 5.74) is 1.09. The lowest BCUT2D eigenvalue weighted by molar-refractivity contribution is 0.664. The predicted molar refractivity (Wildman–Crippen MR) is 68.5 cm³/mol. The van der Waals surface area contributed by atoms with Gasteiger partial charge in [0, 0.05) is 19.2 Å². The van der Waals surface area contributed by atoms with E-state index in [1.54, 1.807) is 18.1 Å². The van der Waals surface area contributed by atoms with Gasteiger partial charge in [0.05, 0.1) is 0 Å². The number of rotatable bonds is 5. The van der Waals surface area contributed by atoms with Gasteiger partial charge in [0.2, 0.25) is 5.16 Å². The number of hydrogen-bond acceptors (Lipinski definition) is 7. The molecule has 0 bridgehead atoms. The molecule has 0 aliphatic carbocycles. The van der Waals surface area contributed by atoms with Crippen molar-refractivity contribution in [2.45, 2.75) is 30.5 Å². The smallest absolute Gasteiger partial charge is 0.215 e. The van der Waals surface area contributed by atoms with Crippen molar-refractivity contribution in [2.75, 3.05) is 11.9 Å². The number of hydrogen-bond donors (Lipinski definition) is 1. The number of nitrogens with zero attached hydrogens (tertiary/aromatic N) is 6. The van der Waals surface area contributed by atoms with Crippen LogP contribution in [0.2, 0.25) is 0 Å². The number of anilines is 1. The summed E-state index contributed by atoms with van der Waals surface area (Å²) in [5, 5.41) is 16.2. The van der Waals surface area contributed by atoms with Gasteiger partial charge < -0.3 is 5.32 Å². The molecule has 0 fully saturated rings. The van der Waals surface area contributed by atoms with Gasteiger partial charge in [-0.3, -0.25) is 0 Å². The van der Waals surface area contributed by atoms with Crippen LogP contribution in [0.1, 0.15) is 19.4 Å². The fourth-order valence-corrected chi connectivity index (χ4v) is 2.40. The van der Waals surface area contributed by atoms with E-state index < -0.39 is 0 Å². The van der Waals surface area contributed by atoms with Gasteiger partial charge in [-0.05, 0) is 35.5 Å². The molecule has 1 N–H and O–H groups in total. The van der Waals surface area contributed by atoms with Gasteiger partial charge in [-0.2, -0.15) is 0 Å². The zero-order valence-electron chi connectivity index (χ0n) is 10.6. The minimum Gasteiger partial charge on any atom is -0.370 e. The molecule has 0 aromatic carbocycles. The Bertz CT molecular complexity index is 525. The lowest BCUT2D eigenvalue weighted by Crippen LogP contribution is -2.05. The minimum absolute atomic E-state index is 0.714. The lowest BCUT2D eigenvalue weighted by atomic mass is 10.2. The number of aryl methyl sites for hydroxylation is 1. The molecule has 0 aliphatic rings. The molecule has 0 saturated carbocycles. The molecule has 0 aliphatic heterocycles. The monoisotopic (exact) mass is 265 g/mol. The van der Waals surface area contributed by atoms with Gasteiger partial charge in [-0.1, -0.05) is 6.92 Å². The molecule has 0 amide bonds. The van der Waals surface area contributed by atoms with Crippen molar-refractivity contribution in [3.63, 3.8) is 0 Å². The third kappa shape index (κ3) is 2.58. The molecule has 2 rings (SSSR count). The van der Waals surface area contributed by atoms with Gasteiger partial charge in [0.1, 0.15) is 17.2 Å². The first-order valence-electron chi connectivity index (χ1n) is 5.74. The maximum absolute atomic E-state index is 4.31. The fraction of sp³-hybridized carbons (Fsp3) is 0.500. The summed E-state index contributed by atoms with van der Waals surface area (Å²) in [6.45, 7) is 4.96. The van der Waals surface area contributed by atoms with E-state index in [9.17, 15) is 0 Å². The summed E-state index contributed by atoms with van der Waals surface area (Å²) in [7, 11) is 1.81. The highest BCUT2D eigenvalue weighted by molar-refractivity contribution is 7.99. The Morgan fingerprint density at radius 2 is 2.17 bits per heavy atom. The molecule has 0 spiro atoms. The second kappa shape index (κ2) is 5.76. The highest BCUT2D eigenvalue weighted by atomic mass is 32.2. The molecule has 0 atom stereocenters. The molecule has 0 radical (unpaired) electrons. The van der Waals surface area contributed by atoms with Gasteiger partial charge in [-0.15, -0.1) is 5.10 Å². The Morgan fingerprint density at radius 1 is 1.33 bits per heavy atom. The lowest BCUT2D eigenvalue weighted by Gasteiger charge is -2.10. The van der Waals surface area contributed by atoms with Crippen LogP contribution in [0, 0.1) is 0 Å². The Hall–Kier alpha value is -1.70. The average Bonchev–Trinajstić information content (AvgIpc) is 2.76. The van der Waals surface area contributed by atoms with Crippen molar-refractivity contribution in [3.05, 3.63) is 11.9 Å². The van der Waals surface area contributed by atoms with Crippen molar-refractivity contribution in [1.82, 2.24) is 30.2 Å². The number of aromatic nitrogens is 6. The van der Waals surface area contributed by atoms with E-state index in [2.05, 4.69) is 37.7 Å². The highest BCUT2D eigenvalue weighted by Gasteiger charge is 2.13. The van der Waals surface area contributed by atoms with Crippen LogP contribution in [-0.2, 0) is 13.5 Å². The van der Waals surface area contributed by atoms with Gasteiger partial charge in [-0.25, -0.2) is 14.6 Å². The fourth-order valence-electron chi connectivity index (χ4n) is 1.52. The summed E-state index contributed by atoms with van der Waals surface area (Å²) in [6, 6.07) is 0. The molecule has 8 heteroatoms. The van der Waals surface area contributed by atoms with E-state index in [1.165, 1.54) is 11.8 Å². The number of nitrogens with one attached hydrogen (secondary N) is 1. The van der Waals surface area contributed by atoms with Crippen LogP contribution in [0.25, 0.3) is 0 Å². The summed E-state index contributed by atoms with van der Waals surface area (Å²) < 4.78 is 1.62. The molecule has 2 aromatic heterocycles. The van der Waals surface area contributed by atoms with Gasteiger partial charge in [0.15, 0.2) is 0 Å². The first-order valence-corrected chi connectivity index (χ1v) is 6.55. The largest absolute Gasteiger partial charge is 0.370 e.